The minimum absolute atomic E-state index is 0.0423. The average Bonchev–Trinajstić information content (AvgIpc) is 2.97. The Morgan fingerprint density at radius 2 is 1.22 bits per heavy atom. The van der Waals surface area contributed by atoms with E-state index >= 15 is 0 Å². The van der Waals surface area contributed by atoms with Gasteiger partial charge < -0.3 is 47.5 Å². The molecule has 18 heteroatoms. The SMILES string of the molecule is COC(=O)/C=C/CC[C@H](NC(=O)[C@H](CC(N)=O)NC(C)=O)C(=O)N[C@@H](CCC(N)=O)C(=O)N[C@@H](C)C(=O)N[C@H](C(=O)OC)C(C)C. The summed E-state index contributed by atoms with van der Waals surface area (Å²) in [6, 6.07) is -6.47. The summed E-state index contributed by atoms with van der Waals surface area (Å²) in [6.45, 7) is 5.78. The van der Waals surface area contributed by atoms with Gasteiger partial charge in [0.25, 0.3) is 0 Å². The van der Waals surface area contributed by atoms with Crippen LogP contribution in [0.5, 0.6) is 0 Å². The van der Waals surface area contributed by atoms with E-state index in [9.17, 15) is 43.2 Å². The zero-order valence-electron chi connectivity index (χ0n) is 26.8. The number of allylic oxidation sites excluding steroid dienone is 1. The molecular weight excluding hydrogens is 610 g/mol. The number of rotatable bonds is 20. The Bertz CT molecular complexity index is 1160. The molecule has 0 unspecified atom stereocenters. The second kappa shape index (κ2) is 20.8. The van der Waals surface area contributed by atoms with Crippen molar-refractivity contribution in [3.8, 4) is 0 Å². The molecule has 0 aliphatic rings. The molecule has 9 N–H and O–H groups in total. The normalized spacial score (nSPS) is 14.1. The van der Waals surface area contributed by atoms with Gasteiger partial charge >= 0.3 is 11.9 Å². The summed E-state index contributed by atoms with van der Waals surface area (Å²) in [7, 11) is 2.32. The number of nitrogens with two attached hydrogens (primary N) is 2. The van der Waals surface area contributed by atoms with Crippen molar-refractivity contribution in [3.05, 3.63) is 12.2 Å². The van der Waals surface area contributed by atoms with Crippen LogP contribution in [0.2, 0.25) is 0 Å². The van der Waals surface area contributed by atoms with E-state index in [2.05, 4.69) is 31.3 Å². The molecule has 0 aromatic rings. The van der Waals surface area contributed by atoms with Gasteiger partial charge in [-0.05, 0) is 32.1 Å². The van der Waals surface area contributed by atoms with Crippen LogP contribution in [-0.4, -0.2) is 97.7 Å². The Balaban J connectivity index is 6.04. The minimum atomic E-state index is -1.43. The maximum atomic E-state index is 13.4. The van der Waals surface area contributed by atoms with Gasteiger partial charge in [0.05, 0.1) is 20.6 Å². The molecule has 46 heavy (non-hydrogen) atoms. The lowest BCUT2D eigenvalue weighted by Crippen LogP contribution is -2.58. The lowest BCUT2D eigenvalue weighted by atomic mass is 10.0. The molecule has 0 aromatic carbocycles. The number of amides is 7. The molecule has 0 radical (unpaired) electrons. The molecule has 18 nitrogen and oxygen atoms in total. The smallest absolute Gasteiger partial charge is 0.330 e. The van der Waals surface area contributed by atoms with Crippen molar-refractivity contribution in [2.75, 3.05) is 14.2 Å². The molecule has 5 atom stereocenters. The fourth-order valence-corrected chi connectivity index (χ4v) is 3.82. The van der Waals surface area contributed by atoms with Crippen molar-refractivity contribution in [2.45, 2.75) is 90.0 Å². The Kier molecular flexibility index (Phi) is 18.6. The Morgan fingerprint density at radius 1 is 0.674 bits per heavy atom. The van der Waals surface area contributed by atoms with Gasteiger partial charge in [0.2, 0.25) is 41.4 Å². The lowest BCUT2D eigenvalue weighted by Gasteiger charge is -2.26. The summed E-state index contributed by atoms with van der Waals surface area (Å²) in [5, 5.41) is 12.0. The number of carbonyl (C=O) groups is 9. The van der Waals surface area contributed by atoms with Gasteiger partial charge in [0.1, 0.15) is 30.2 Å². The molecule has 0 aromatic heterocycles. The van der Waals surface area contributed by atoms with Crippen molar-refractivity contribution in [2.24, 2.45) is 17.4 Å². The number of primary amides is 2. The largest absolute Gasteiger partial charge is 0.467 e. The summed E-state index contributed by atoms with van der Waals surface area (Å²) in [5.74, 6) is -7.57. The number of nitrogens with one attached hydrogen (secondary N) is 5. The van der Waals surface area contributed by atoms with Crippen molar-refractivity contribution >= 4 is 53.3 Å². The van der Waals surface area contributed by atoms with Crippen molar-refractivity contribution in [3.63, 3.8) is 0 Å². The molecule has 7 amide bonds. The molecule has 0 aliphatic heterocycles. The molecule has 0 fully saturated rings. The number of ether oxygens (including phenoxy) is 2. The molecular formula is C28H45N7O11. The summed E-state index contributed by atoms with van der Waals surface area (Å²) in [5.41, 5.74) is 10.4. The van der Waals surface area contributed by atoms with Gasteiger partial charge in [-0.1, -0.05) is 19.9 Å². The molecule has 0 heterocycles. The Morgan fingerprint density at radius 3 is 1.70 bits per heavy atom. The molecule has 258 valence electrons. The van der Waals surface area contributed by atoms with E-state index in [0.29, 0.717) is 0 Å². The van der Waals surface area contributed by atoms with Crippen LogP contribution in [0.4, 0.5) is 0 Å². The number of carbonyl (C=O) groups excluding carboxylic acids is 9. The van der Waals surface area contributed by atoms with Crippen LogP contribution in [0.1, 0.15) is 59.8 Å². The standard InChI is InChI=1S/C28H45N7O11/c1-14(2)23(28(44)46-6)35-24(40)15(3)31-25(41)18(11-12-20(29)37)34-26(42)17(9-7-8-10-22(39)45-5)33-27(43)19(13-21(30)38)32-16(4)36/h8,10,14-15,17-19,23H,7,9,11-13H2,1-6H3,(H2,29,37)(H2,30,38)(H,31,41)(H,32,36)(H,33,43)(H,34,42)(H,35,40)/b10-8+/t15-,17-,18-,19-,23-/m0/s1. The quantitative estimate of drug-likeness (QED) is 0.0510. The molecule has 0 rings (SSSR count). The summed E-state index contributed by atoms with van der Waals surface area (Å²) in [4.78, 5) is 110. The third kappa shape index (κ3) is 16.2. The fourth-order valence-electron chi connectivity index (χ4n) is 3.82. The van der Waals surface area contributed by atoms with E-state index in [1.807, 2.05) is 0 Å². The predicted octanol–water partition coefficient (Wildman–Crippen LogP) is -3.07. The van der Waals surface area contributed by atoms with E-state index in [1.165, 1.54) is 13.0 Å². The van der Waals surface area contributed by atoms with Gasteiger partial charge in [0, 0.05) is 19.4 Å². The highest BCUT2D eigenvalue weighted by atomic mass is 16.5. The van der Waals surface area contributed by atoms with E-state index in [-0.39, 0.29) is 31.6 Å². The van der Waals surface area contributed by atoms with Crippen LogP contribution in [-0.2, 0) is 52.6 Å². The van der Waals surface area contributed by atoms with Gasteiger partial charge in [-0.15, -0.1) is 0 Å². The number of methoxy groups -OCH3 is 2. The van der Waals surface area contributed by atoms with Gasteiger partial charge in [-0.2, -0.15) is 0 Å². The highest BCUT2D eigenvalue weighted by Crippen LogP contribution is 2.07. The molecule has 0 bridgehead atoms. The van der Waals surface area contributed by atoms with Crippen LogP contribution < -0.4 is 38.1 Å². The number of esters is 2. The van der Waals surface area contributed by atoms with Gasteiger partial charge in [-0.3, -0.25) is 33.6 Å². The van der Waals surface area contributed by atoms with E-state index < -0.39 is 89.9 Å². The Hall–Kier alpha value is -5.03. The summed E-state index contributed by atoms with van der Waals surface area (Å²) >= 11 is 0. The van der Waals surface area contributed by atoms with Crippen molar-refractivity contribution in [1.82, 2.24) is 26.6 Å². The number of hydrogen-bond donors (Lipinski definition) is 7. The van der Waals surface area contributed by atoms with Crippen molar-refractivity contribution < 1.29 is 52.6 Å². The van der Waals surface area contributed by atoms with E-state index in [1.54, 1.807) is 13.8 Å². The van der Waals surface area contributed by atoms with Crippen LogP contribution in [0.3, 0.4) is 0 Å². The van der Waals surface area contributed by atoms with Crippen LogP contribution in [0.15, 0.2) is 12.2 Å². The third-order valence-electron chi connectivity index (χ3n) is 6.29. The van der Waals surface area contributed by atoms with Crippen LogP contribution in [0, 0.1) is 5.92 Å². The minimum Gasteiger partial charge on any atom is -0.467 e. The van der Waals surface area contributed by atoms with Gasteiger partial charge in [0.15, 0.2) is 0 Å². The second-order valence-corrected chi connectivity index (χ2v) is 10.5. The number of hydrogen-bond acceptors (Lipinski definition) is 11. The first-order valence-electron chi connectivity index (χ1n) is 14.3. The topological polar surface area (TPSA) is 284 Å². The maximum Gasteiger partial charge on any atom is 0.330 e. The first kappa shape index (κ1) is 41.0. The summed E-state index contributed by atoms with van der Waals surface area (Å²) < 4.78 is 9.20. The van der Waals surface area contributed by atoms with E-state index in [4.69, 9.17) is 16.2 Å². The van der Waals surface area contributed by atoms with Gasteiger partial charge in [-0.25, -0.2) is 9.59 Å². The highest BCUT2D eigenvalue weighted by molar-refractivity contribution is 5.97. The van der Waals surface area contributed by atoms with Crippen molar-refractivity contribution in [1.29, 1.82) is 0 Å². The monoisotopic (exact) mass is 655 g/mol. The Labute approximate surface area is 266 Å². The highest BCUT2D eigenvalue weighted by Gasteiger charge is 2.32. The molecule has 0 spiro atoms. The average molecular weight is 656 g/mol. The second-order valence-electron chi connectivity index (χ2n) is 10.5. The fraction of sp³-hybridized carbons (Fsp3) is 0.607. The molecule has 0 saturated heterocycles. The summed E-state index contributed by atoms with van der Waals surface area (Å²) in [6.07, 6.45) is 1.13. The zero-order chi connectivity index (χ0) is 35.6. The van der Waals surface area contributed by atoms with E-state index in [0.717, 1.165) is 27.2 Å². The lowest BCUT2D eigenvalue weighted by molar-refractivity contribution is -0.146. The predicted molar refractivity (Wildman–Crippen MR) is 160 cm³/mol. The third-order valence-corrected chi connectivity index (χ3v) is 6.29. The first-order chi connectivity index (χ1) is 21.4. The zero-order valence-corrected chi connectivity index (χ0v) is 26.8. The maximum absolute atomic E-state index is 13.4. The van der Waals surface area contributed by atoms with Crippen LogP contribution >= 0.6 is 0 Å². The molecule has 0 aliphatic carbocycles. The molecule has 0 saturated carbocycles. The first-order valence-corrected chi connectivity index (χ1v) is 14.3. The van der Waals surface area contributed by atoms with Crippen LogP contribution in [0.25, 0.3) is 0 Å².